The van der Waals surface area contributed by atoms with Crippen molar-refractivity contribution in [2.45, 2.75) is 4.90 Å². The topological polar surface area (TPSA) is 55.8 Å². The molecule has 0 N–H and O–H groups in total. The van der Waals surface area contributed by atoms with Crippen LogP contribution in [0.4, 0.5) is 5.69 Å². The Morgan fingerprint density at radius 3 is 2.13 bits per heavy atom. The fourth-order valence-corrected chi connectivity index (χ4v) is 3.53. The Hall–Kier alpha value is -1.63. The van der Waals surface area contributed by atoms with E-state index in [1.807, 2.05) is 0 Å². The normalized spacial score (nSPS) is 11.2. The van der Waals surface area contributed by atoms with Crippen LogP contribution < -0.4 is 13.8 Å². The number of benzene rings is 2. The summed E-state index contributed by atoms with van der Waals surface area (Å²) >= 11 is 11.7. The van der Waals surface area contributed by atoms with Gasteiger partial charge in [-0.2, -0.15) is 0 Å². The Morgan fingerprint density at radius 2 is 1.57 bits per heavy atom. The molecule has 0 amide bonds. The van der Waals surface area contributed by atoms with Crippen LogP contribution in [0.1, 0.15) is 0 Å². The van der Waals surface area contributed by atoms with Crippen molar-refractivity contribution in [3.05, 3.63) is 46.4 Å². The van der Waals surface area contributed by atoms with E-state index >= 15 is 0 Å². The third-order valence-corrected chi connectivity index (χ3v) is 5.80. The Labute approximate surface area is 145 Å². The molecule has 23 heavy (non-hydrogen) atoms. The molecule has 0 aliphatic carbocycles. The molecular weight excluding hydrogens is 361 g/mol. The van der Waals surface area contributed by atoms with Crippen LogP contribution in [-0.2, 0) is 10.0 Å². The van der Waals surface area contributed by atoms with Gasteiger partial charge >= 0.3 is 0 Å². The van der Waals surface area contributed by atoms with E-state index in [1.54, 1.807) is 18.2 Å². The minimum atomic E-state index is -3.78. The number of hydrogen-bond acceptors (Lipinski definition) is 4. The Kier molecular flexibility index (Phi) is 5.29. The fourth-order valence-electron chi connectivity index (χ4n) is 1.95. The number of ether oxygens (including phenoxy) is 2. The van der Waals surface area contributed by atoms with Crippen LogP contribution in [-0.4, -0.2) is 29.7 Å². The molecule has 0 fully saturated rings. The quantitative estimate of drug-likeness (QED) is 0.796. The van der Waals surface area contributed by atoms with Gasteiger partial charge in [-0.1, -0.05) is 23.2 Å². The van der Waals surface area contributed by atoms with Crippen LogP contribution in [0, 0.1) is 0 Å². The van der Waals surface area contributed by atoms with E-state index in [9.17, 15) is 8.42 Å². The second kappa shape index (κ2) is 6.86. The molecular formula is C15H15Cl2NO4S. The second-order valence-corrected chi connectivity index (χ2v) is 7.37. The number of anilines is 1. The van der Waals surface area contributed by atoms with E-state index in [2.05, 4.69) is 0 Å². The summed E-state index contributed by atoms with van der Waals surface area (Å²) in [6, 6.07) is 9.00. The average molecular weight is 376 g/mol. The summed E-state index contributed by atoms with van der Waals surface area (Å²) in [4.78, 5) is 0.0455. The summed E-state index contributed by atoms with van der Waals surface area (Å²) in [5, 5.41) is 0.466. The lowest BCUT2D eigenvalue weighted by Gasteiger charge is -2.21. The van der Waals surface area contributed by atoms with Crippen molar-refractivity contribution >= 4 is 38.9 Å². The molecule has 0 bridgehead atoms. The molecule has 0 aliphatic heterocycles. The van der Waals surface area contributed by atoms with E-state index in [1.165, 1.54) is 39.5 Å². The number of hydrogen-bond donors (Lipinski definition) is 0. The summed E-state index contributed by atoms with van der Waals surface area (Å²) in [6.45, 7) is 0. The Balaban J connectivity index is 2.45. The molecule has 124 valence electrons. The number of sulfonamides is 1. The molecule has 0 aliphatic rings. The predicted molar refractivity (Wildman–Crippen MR) is 91.6 cm³/mol. The molecule has 0 saturated carbocycles. The van der Waals surface area contributed by atoms with Gasteiger partial charge in [0.1, 0.15) is 0 Å². The maximum Gasteiger partial charge on any atom is 0.264 e. The van der Waals surface area contributed by atoms with Crippen molar-refractivity contribution in [1.29, 1.82) is 0 Å². The van der Waals surface area contributed by atoms with E-state index < -0.39 is 10.0 Å². The third-order valence-electron chi connectivity index (χ3n) is 3.28. The number of rotatable bonds is 5. The standard InChI is InChI=1S/C15H15Cl2NO4S/c1-18(10-4-7-14(21-2)15(8-10)22-3)23(19,20)11-5-6-12(16)13(17)9-11/h4-9H,1-3H3. The van der Waals surface area contributed by atoms with E-state index in [0.29, 0.717) is 22.2 Å². The van der Waals surface area contributed by atoms with Gasteiger partial charge in [0.2, 0.25) is 0 Å². The second-order valence-electron chi connectivity index (χ2n) is 4.59. The van der Waals surface area contributed by atoms with E-state index in [0.717, 1.165) is 4.31 Å². The number of halogens is 2. The van der Waals surface area contributed by atoms with E-state index in [-0.39, 0.29) is 9.92 Å². The Morgan fingerprint density at radius 1 is 0.913 bits per heavy atom. The highest BCUT2D eigenvalue weighted by molar-refractivity contribution is 7.92. The van der Waals surface area contributed by atoms with Gasteiger partial charge in [-0.15, -0.1) is 0 Å². The lowest BCUT2D eigenvalue weighted by molar-refractivity contribution is 0.355. The summed E-state index contributed by atoms with van der Waals surface area (Å²) in [7, 11) is 0.650. The van der Waals surface area contributed by atoms with Gasteiger partial charge in [0, 0.05) is 13.1 Å². The molecule has 0 aromatic heterocycles. The summed E-state index contributed by atoms with van der Waals surface area (Å²) in [6.07, 6.45) is 0. The maximum atomic E-state index is 12.7. The first-order valence-corrected chi connectivity index (χ1v) is 8.67. The minimum Gasteiger partial charge on any atom is -0.493 e. The van der Waals surface area contributed by atoms with Gasteiger partial charge in [0.15, 0.2) is 11.5 Å². The molecule has 2 aromatic carbocycles. The van der Waals surface area contributed by atoms with Crippen molar-refractivity contribution < 1.29 is 17.9 Å². The zero-order valence-electron chi connectivity index (χ0n) is 12.7. The lowest BCUT2D eigenvalue weighted by Crippen LogP contribution is -2.26. The molecule has 0 radical (unpaired) electrons. The van der Waals surface area contributed by atoms with Crippen molar-refractivity contribution in [3.63, 3.8) is 0 Å². The van der Waals surface area contributed by atoms with Crippen molar-refractivity contribution in [1.82, 2.24) is 0 Å². The van der Waals surface area contributed by atoms with Crippen molar-refractivity contribution in [2.24, 2.45) is 0 Å². The highest BCUT2D eigenvalue weighted by Gasteiger charge is 2.23. The van der Waals surface area contributed by atoms with Crippen LogP contribution >= 0.6 is 23.2 Å². The fraction of sp³-hybridized carbons (Fsp3) is 0.200. The monoisotopic (exact) mass is 375 g/mol. The van der Waals surface area contributed by atoms with Crippen LogP contribution in [0.25, 0.3) is 0 Å². The van der Waals surface area contributed by atoms with Crippen LogP contribution in [0.2, 0.25) is 10.0 Å². The van der Waals surface area contributed by atoms with Gasteiger partial charge in [-0.3, -0.25) is 4.31 Å². The molecule has 0 atom stereocenters. The van der Waals surface area contributed by atoms with Crippen LogP contribution in [0.3, 0.4) is 0 Å². The van der Waals surface area contributed by atoms with Gasteiger partial charge in [-0.05, 0) is 30.3 Å². The smallest absolute Gasteiger partial charge is 0.264 e. The van der Waals surface area contributed by atoms with Gasteiger partial charge in [0.05, 0.1) is 34.8 Å². The van der Waals surface area contributed by atoms with Gasteiger partial charge < -0.3 is 9.47 Å². The van der Waals surface area contributed by atoms with Crippen LogP contribution in [0.15, 0.2) is 41.3 Å². The first-order valence-electron chi connectivity index (χ1n) is 6.47. The summed E-state index contributed by atoms with van der Waals surface area (Å²) < 4.78 is 36.9. The SMILES string of the molecule is COc1ccc(N(C)S(=O)(=O)c2ccc(Cl)c(Cl)c2)cc1OC. The van der Waals surface area contributed by atoms with E-state index in [4.69, 9.17) is 32.7 Å². The van der Waals surface area contributed by atoms with Crippen molar-refractivity contribution in [3.8, 4) is 11.5 Å². The number of nitrogens with zero attached hydrogens (tertiary/aromatic N) is 1. The summed E-state index contributed by atoms with van der Waals surface area (Å²) in [5.74, 6) is 0.942. The largest absolute Gasteiger partial charge is 0.493 e. The minimum absolute atomic E-state index is 0.0455. The first kappa shape index (κ1) is 17.7. The molecule has 0 spiro atoms. The molecule has 8 heteroatoms. The van der Waals surface area contributed by atoms with Crippen molar-refractivity contribution in [2.75, 3.05) is 25.6 Å². The summed E-state index contributed by atoms with van der Waals surface area (Å²) in [5.41, 5.74) is 0.425. The average Bonchev–Trinajstić information content (AvgIpc) is 2.55. The highest BCUT2D eigenvalue weighted by atomic mass is 35.5. The molecule has 0 unspecified atom stereocenters. The molecule has 0 heterocycles. The molecule has 0 saturated heterocycles. The Bertz CT molecular complexity index is 824. The zero-order chi connectivity index (χ0) is 17.2. The van der Waals surface area contributed by atoms with Gasteiger partial charge in [0.25, 0.3) is 10.0 Å². The zero-order valence-corrected chi connectivity index (χ0v) is 15.0. The number of methoxy groups -OCH3 is 2. The molecule has 2 rings (SSSR count). The highest BCUT2D eigenvalue weighted by Crippen LogP contribution is 2.34. The molecule has 5 nitrogen and oxygen atoms in total. The first-order chi connectivity index (χ1) is 10.8. The maximum absolute atomic E-state index is 12.7. The third kappa shape index (κ3) is 3.49. The lowest BCUT2D eigenvalue weighted by atomic mass is 10.3. The molecule has 2 aromatic rings. The predicted octanol–water partition coefficient (Wildman–Crippen LogP) is 3.84. The van der Waals surface area contributed by atoms with Crippen LogP contribution in [0.5, 0.6) is 11.5 Å². The van der Waals surface area contributed by atoms with Gasteiger partial charge in [-0.25, -0.2) is 8.42 Å².